The first-order valence-electron chi connectivity index (χ1n) is 11.2. The molecule has 2 aliphatic rings. The summed E-state index contributed by atoms with van der Waals surface area (Å²) in [6.45, 7) is 0.639. The maximum absolute atomic E-state index is 13.5. The highest BCUT2D eigenvalue weighted by Crippen LogP contribution is 2.40. The normalized spacial score (nSPS) is 17.2. The average Bonchev–Trinajstić information content (AvgIpc) is 3.37. The number of nitrogens with zero attached hydrogens (tertiary/aromatic N) is 4. The van der Waals surface area contributed by atoms with Crippen molar-refractivity contribution in [3.63, 3.8) is 0 Å². The van der Waals surface area contributed by atoms with E-state index in [1.807, 2.05) is 54.2 Å². The Balaban J connectivity index is 1.43. The number of Topliss-reactive ketones (excluding diaryl/α,β-unsaturated/α-hetero) is 1. The molecule has 7 heteroatoms. The summed E-state index contributed by atoms with van der Waals surface area (Å²) in [7, 11) is 3.66. The molecule has 2 aliphatic heterocycles. The average molecular weight is 447 g/mol. The van der Waals surface area contributed by atoms with Crippen LogP contribution in [0.1, 0.15) is 31.2 Å². The Morgan fingerprint density at radius 2 is 1.76 bits per heavy atom. The molecule has 2 heterocycles. The minimum atomic E-state index is -0.340. The van der Waals surface area contributed by atoms with Gasteiger partial charge in [-0.25, -0.2) is 4.39 Å². The Morgan fingerprint density at radius 1 is 1.06 bits per heavy atom. The summed E-state index contributed by atoms with van der Waals surface area (Å²) in [5, 5.41) is 9.77. The van der Waals surface area contributed by atoms with Crippen LogP contribution in [0.3, 0.4) is 0 Å². The van der Waals surface area contributed by atoms with E-state index in [2.05, 4.69) is 6.07 Å². The zero-order chi connectivity index (χ0) is 23.5. The Morgan fingerprint density at radius 3 is 2.39 bits per heavy atom. The number of ketones is 1. The molecule has 1 atom stereocenters. The molecular formula is C26H27FN4O2. The van der Waals surface area contributed by atoms with Crippen molar-refractivity contribution in [1.82, 2.24) is 4.90 Å². The number of halogens is 1. The molecule has 33 heavy (non-hydrogen) atoms. The smallest absolute Gasteiger partial charge is 0.223 e. The third kappa shape index (κ3) is 4.47. The fourth-order valence-corrected chi connectivity index (χ4v) is 4.86. The standard InChI is InChI=1S/C26H27FN4O2/c1-29-22-10-3-4-11-23(22)30(2)26(29)21(17-28)24(32)12-13-25(33)31-14-6-9-20(31)16-18-7-5-8-19(27)15-18/h3-5,7-8,10-11,15,20H,6,9,12-14,16H2,1-2H3. The highest BCUT2D eigenvalue weighted by atomic mass is 19.1. The van der Waals surface area contributed by atoms with Gasteiger partial charge in [-0.05, 0) is 49.1 Å². The van der Waals surface area contributed by atoms with Gasteiger partial charge < -0.3 is 14.7 Å². The topological polar surface area (TPSA) is 67.6 Å². The number of fused-ring (bicyclic) bond motifs is 1. The van der Waals surface area contributed by atoms with Crippen molar-refractivity contribution >= 4 is 23.1 Å². The van der Waals surface area contributed by atoms with Crippen molar-refractivity contribution in [3.8, 4) is 6.07 Å². The number of carbonyl (C=O) groups excluding carboxylic acids is 2. The summed E-state index contributed by atoms with van der Waals surface area (Å²) in [6.07, 6.45) is 2.38. The van der Waals surface area contributed by atoms with E-state index in [9.17, 15) is 19.2 Å². The molecule has 0 saturated carbocycles. The first kappa shape index (κ1) is 22.5. The molecule has 1 amide bonds. The van der Waals surface area contributed by atoms with Gasteiger partial charge in [-0.15, -0.1) is 0 Å². The van der Waals surface area contributed by atoms with E-state index in [4.69, 9.17) is 0 Å². The number of benzene rings is 2. The number of nitriles is 1. The number of allylic oxidation sites excluding steroid dienone is 1. The van der Waals surface area contributed by atoms with E-state index in [1.165, 1.54) is 12.1 Å². The molecule has 0 radical (unpaired) electrons. The quantitative estimate of drug-likeness (QED) is 0.495. The largest absolute Gasteiger partial charge is 0.339 e. The van der Waals surface area contributed by atoms with Crippen LogP contribution in [0.15, 0.2) is 59.9 Å². The van der Waals surface area contributed by atoms with Crippen LogP contribution in [-0.4, -0.2) is 43.3 Å². The van der Waals surface area contributed by atoms with E-state index in [0.717, 1.165) is 29.8 Å². The summed E-state index contributed by atoms with van der Waals surface area (Å²) in [5.74, 6) is -0.189. The fourth-order valence-electron chi connectivity index (χ4n) is 4.86. The van der Waals surface area contributed by atoms with E-state index in [1.54, 1.807) is 11.0 Å². The number of anilines is 2. The Bertz CT molecular complexity index is 1120. The number of amides is 1. The molecule has 4 rings (SSSR count). The molecule has 0 aromatic heterocycles. The zero-order valence-corrected chi connectivity index (χ0v) is 18.9. The molecule has 0 N–H and O–H groups in total. The first-order valence-corrected chi connectivity index (χ1v) is 11.2. The van der Waals surface area contributed by atoms with E-state index in [0.29, 0.717) is 18.8 Å². The van der Waals surface area contributed by atoms with Gasteiger partial charge in [0, 0.05) is 39.5 Å². The van der Waals surface area contributed by atoms with Crippen molar-refractivity contribution in [2.75, 3.05) is 30.4 Å². The van der Waals surface area contributed by atoms with Crippen molar-refractivity contribution in [1.29, 1.82) is 5.26 Å². The van der Waals surface area contributed by atoms with Gasteiger partial charge in [0.25, 0.3) is 0 Å². The molecule has 0 spiro atoms. The Labute approximate surface area is 193 Å². The van der Waals surface area contributed by atoms with Gasteiger partial charge in [0.05, 0.1) is 11.4 Å². The second-order valence-electron chi connectivity index (χ2n) is 8.56. The number of hydrogen-bond donors (Lipinski definition) is 0. The molecule has 2 aromatic rings. The van der Waals surface area contributed by atoms with Gasteiger partial charge in [0.15, 0.2) is 5.78 Å². The van der Waals surface area contributed by atoms with E-state index < -0.39 is 0 Å². The van der Waals surface area contributed by atoms with Crippen LogP contribution in [0.4, 0.5) is 15.8 Å². The summed E-state index contributed by atoms with van der Waals surface area (Å²) in [4.78, 5) is 31.4. The van der Waals surface area contributed by atoms with Crippen LogP contribution < -0.4 is 9.80 Å². The fraction of sp³-hybridized carbons (Fsp3) is 0.346. The summed E-state index contributed by atoms with van der Waals surface area (Å²) in [5.41, 5.74) is 2.76. The monoisotopic (exact) mass is 446 g/mol. The van der Waals surface area contributed by atoms with Gasteiger partial charge >= 0.3 is 0 Å². The second kappa shape index (κ2) is 9.45. The molecule has 1 saturated heterocycles. The summed E-state index contributed by atoms with van der Waals surface area (Å²) < 4.78 is 13.5. The molecule has 170 valence electrons. The maximum Gasteiger partial charge on any atom is 0.223 e. The lowest BCUT2D eigenvalue weighted by Gasteiger charge is -2.25. The number of para-hydroxylation sites is 2. The number of likely N-dealkylation sites (tertiary alicyclic amines) is 1. The lowest BCUT2D eigenvalue weighted by Crippen LogP contribution is -2.37. The lowest BCUT2D eigenvalue weighted by atomic mass is 10.0. The van der Waals surface area contributed by atoms with Gasteiger partial charge in [0.2, 0.25) is 5.91 Å². The van der Waals surface area contributed by atoms with Crippen LogP contribution in [0.2, 0.25) is 0 Å². The minimum absolute atomic E-state index is 0.00444. The van der Waals surface area contributed by atoms with Crippen LogP contribution in [-0.2, 0) is 16.0 Å². The molecule has 0 bridgehead atoms. The van der Waals surface area contributed by atoms with Crippen molar-refractivity contribution < 1.29 is 14.0 Å². The third-order valence-electron chi connectivity index (χ3n) is 6.48. The van der Waals surface area contributed by atoms with Crippen molar-refractivity contribution in [2.24, 2.45) is 0 Å². The molecule has 0 aliphatic carbocycles. The summed E-state index contributed by atoms with van der Waals surface area (Å²) >= 11 is 0. The van der Waals surface area contributed by atoms with Crippen LogP contribution >= 0.6 is 0 Å². The SMILES string of the molecule is CN1C(=C(C#N)C(=O)CCC(=O)N2CCCC2Cc2cccc(F)c2)N(C)c2ccccc21. The summed E-state index contributed by atoms with van der Waals surface area (Å²) in [6, 6.07) is 16.2. The second-order valence-corrected chi connectivity index (χ2v) is 8.56. The van der Waals surface area contributed by atoms with Gasteiger partial charge in [-0.3, -0.25) is 9.59 Å². The Kier molecular flexibility index (Phi) is 6.45. The van der Waals surface area contributed by atoms with E-state index >= 15 is 0 Å². The first-order chi connectivity index (χ1) is 15.9. The van der Waals surface area contributed by atoms with Crippen LogP contribution in [0.25, 0.3) is 0 Å². The number of carbonyl (C=O) groups is 2. The Hall–Kier alpha value is -3.66. The molecular weight excluding hydrogens is 419 g/mol. The predicted octanol–water partition coefficient (Wildman–Crippen LogP) is 4.03. The number of rotatable bonds is 6. The number of hydrogen-bond acceptors (Lipinski definition) is 5. The van der Waals surface area contributed by atoms with Gasteiger partial charge in [0.1, 0.15) is 23.3 Å². The minimum Gasteiger partial charge on any atom is -0.339 e. The van der Waals surface area contributed by atoms with Gasteiger partial charge in [-0.2, -0.15) is 5.26 Å². The van der Waals surface area contributed by atoms with Crippen molar-refractivity contribution in [2.45, 2.75) is 38.1 Å². The highest BCUT2D eigenvalue weighted by Gasteiger charge is 2.32. The molecule has 2 aromatic carbocycles. The zero-order valence-electron chi connectivity index (χ0n) is 18.9. The van der Waals surface area contributed by atoms with Crippen LogP contribution in [0, 0.1) is 17.1 Å². The molecule has 1 unspecified atom stereocenters. The van der Waals surface area contributed by atoms with Crippen molar-refractivity contribution in [3.05, 3.63) is 71.3 Å². The highest BCUT2D eigenvalue weighted by molar-refractivity contribution is 6.03. The van der Waals surface area contributed by atoms with E-state index in [-0.39, 0.29) is 42.0 Å². The molecule has 1 fully saturated rings. The maximum atomic E-state index is 13.5. The van der Waals surface area contributed by atoms with Gasteiger partial charge in [-0.1, -0.05) is 24.3 Å². The van der Waals surface area contributed by atoms with Crippen LogP contribution in [0.5, 0.6) is 0 Å². The predicted molar refractivity (Wildman–Crippen MR) is 125 cm³/mol. The third-order valence-corrected chi connectivity index (χ3v) is 6.48. The molecule has 6 nitrogen and oxygen atoms in total. The lowest BCUT2D eigenvalue weighted by molar-refractivity contribution is -0.133.